The quantitative estimate of drug-likeness (QED) is 0.412. The van der Waals surface area contributed by atoms with E-state index < -0.39 is 23.5 Å². The largest absolute Gasteiger partial charge is 0.469 e. The lowest BCUT2D eigenvalue weighted by Gasteiger charge is -2.38. The van der Waals surface area contributed by atoms with Crippen LogP contribution >= 0.6 is 0 Å². The van der Waals surface area contributed by atoms with E-state index >= 15 is 0 Å². The van der Waals surface area contributed by atoms with Crippen LogP contribution in [0.5, 0.6) is 0 Å². The van der Waals surface area contributed by atoms with Crippen molar-refractivity contribution in [2.24, 2.45) is 5.92 Å². The molecular formula is C23H23F6NO2. The average molecular weight is 459 g/mol. The molecule has 1 saturated heterocycles. The van der Waals surface area contributed by atoms with E-state index in [1.807, 2.05) is 4.90 Å². The SMILES string of the molecule is COC(=O)CC1CC(c2ccc(C(F)(F)F)cc2)CN(Cc2ccc(C(F)(F)F)cc2)C1. The minimum atomic E-state index is -4.42. The summed E-state index contributed by atoms with van der Waals surface area (Å²) in [6.45, 7) is 1.42. The maximum absolute atomic E-state index is 12.9. The Hall–Kier alpha value is -2.55. The molecule has 2 unspecified atom stereocenters. The Morgan fingerprint density at radius 3 is 1.94 bits per heavy atom. The van der Waals surface area contributed by atoms with Crippen LogP contribution in [0.4, 0.5) is 26.3 Å². The first-order chi connectivity index (χ1) is 15.0. The van der Waals surface area contributed by atoms with Gasteiger partial charge in [-0.05, 0) is 53.6 Å². The molecule has 2 atom stereocenters. The summed E-state index contributed by atoms with van der Waals surface area (Å²) < 4.78 is 81.8. The lowest BCUT2D eigenvalue weighted by atomic mass is 9.82. The molecule has 0 aromatic heterocycles. The number of methoxy groups -OCH3 is 1. The minimum Gasteiger partial charge on any atom is -0.469 e. The molecular weight excluding hydrogens is 436 g/mol. The van der Waals surface area contributed by atoms with Crippen molar-refractivity contribution in [3.05, 3.63) is 70.8 Å². The van der Waals surface area contributed by atoms with E-state index in [1.54, 1.807) is 0 Å². The van der Waals surface area contributed by atoms with Crippen LogP contribution in [0.2, 0.25) is 0 Å². The fraction of sp³-hybridized carbons (Fsp3) is 0.435. The van der Waals surface area contributed by atoms with Gasteiger partial charge in [-0.1, -0.05) is 24.3 Å². The number of piperidine rings is 1. The van der Waals surface area contributed by atoms with Crippen molar-refractivity contribution < 1.29 is 35.9 Å². The smallest absolute Gasteiger partial charge is 0.416 e. The second kappa shape index (κ2) is 9.52. The van der Waals surface area contributed by atoms with E-state index in [0.717, 1.165) is 29.8 Å². The van der Waals surface area contributed by atoms with Crippen LogP contribution in [0.1, 0.15) is 41.0 Å². The summed E-state index contributed by atoms with van der Waals surface area (Å²) in [5.41, 5.74) is -0.0521. The lowest BCUT2D eigenvalue weighted by Crippen LogP contribution is -2.40. The van der Waals surface area contributed by atoms with Crippen molar-refractivity contribution >= 4 is 5.97 Å². The number of alkyl halides is 6. The van der Waals surface area contributed by atoms with Crippen molar-refractivity contribution in [2.45, 2.75) is 37.7 Å². The first kappa shape index (κ1) is 24.1. The zero-order valence-electron chi connectivity index (χ0n) is 17.3. The zero-order valence-corrected chi connectivity index (χ0v) is 17.3. The number of halogens is 6. The summed E-state index contributed by atoms with van der Waals surface area (Å²) in [6, 6.07) is 9.87. The summed E-state index contributed by atoms with van der Waals surface area (Å²) >= 11 is 0. The first-order valence-corrected chi connectivity index (χ1v) is 10.1. The highest BCUT2D eigenvalue weighted by atomic mass is 19.4. The number of carbonyl (C=O) groups is 1. The van der Waals surface area contributed by atoms with E-state index in [0.29, 0.717) is 31.6 Å². The molecule has 0 N–H and O–H groups in total. The van der Waals surface area contributed by atoms with Crippen LogP contribution < -0.4 is 0 Å². The molecule has 1 aliphatic heterocycles. The van der Waals surface area contributed by atoms with Crippen LogP contribution in [0.25, 0.3) is 0 Å². The Morgan fingerprint density at radius 1 is 0.906 bits per heavy atom. The van der Waals surface area contributed by atoms with Gasteiger partial charge in [-0.25, -0.2) is 0 Å². The molecule has 0 radical (unpaired) electrons. The molecule has 2 aromatic carbocycles. The van der Waals surface area contributed by atoms with Gasteiger partial charge in [0.05, 0.1) is 18.2 Å². The fourth-order valence-electron chi connectivity index (χ4n) is 4.14. The van der Waals surface area contributed by atoms with Gasteiger partial charge in [-0.3, -0.25) is 9.69 Å². The molecule has 2 aromatic rings. The van der Waals surface area contributed by atoms with Crippen LogP contribution in [0.15, 0.2) is 48.5 Å². The van der Waals surface area contributed by atoms with Gasteiger partial charge in [0.2, 0.25) is 0 Å². The molecule has 0 amide bonds. The van der Waals surface area contributed by atoms with E-state index in [1.165, 1.54) is 31.4 Å². The first-order valence-electron chi connectivity index (χ1n) is 10.1. The molecule has 32 heavy (non-hydrogen) atoms. The van der Waals surface area contributed by atoms with Crippen molar-refractivity contribution in [3.63, 3.8) is 0 Å². The normalized spacial score (nSPS) is 20.2. The van der Waals surface area contributed by atoms with E-state index in [-0.39, 0.29) is 24.2 Å². The van der Waals surface area contributed by atoms with Gasteiger partial charge in [-0.2, -0.15) is 26.3 Å². The van der Waals surface area contributed by atoms with Crippen molar-refractivity contribution in [3.8, 4) is 0 Å². The highest BCUT2D eigenvalue weighted by Gasteiger charge is 2.33. The highest BCUT2D eigenvalue weighted by molar-refractivity contribution is 5.69. The molecule has 0 spiro atoms. The number of hydrogen-bond donors (Lipinski definition) is 0. The second-order valence-corrected chi connectivity index (χ2v) is 8.09. The van der Waals surface area contributed by atoms with Crippen molar-refractivity contribution in [1.29, 1.82) is 0 Å². The maximum Gasteiger partial charge on any atom is 0.416 e. The number of carbonyl (C=O) groups excluding carboxylic acids is 1. The molecule has 1 aliphatic rings. The van der Waals surface area contributed by atoms with E-state index in [9.17, 15) is 31.1 Å². The van der Waals surface area contributed by atoms with Gasteiger partial charge in [0, 0.05) is 26.1 Å². The van der Waals surface area contributed by atoms with Crippen LogP contribution in [-0.2, 0) is 28.4 Å². The minimum absolute atomic E-state index is 0.0852. The number of rotatable bonds is 5. The standard InChI is InChI=1S/C23H23F6NO2/c1-32-21(31)11-16-10-18(17-4-8-20(9-5-17)23(27,28)29)14-30(13-16)12-15-2-6-19(7-3-15)22(24,25)26/h2-9,16,18H,10-14H2,1H3. The Balaban J connectivity index is 1.77. The van der Waals surface area contributed by atoms with Gasteiger partial charge < -0.3 is 4.74 Å². The topological polar surface area (TPSA) is 29.5 Å². The lowest BCUT2D eigenvalue weighted by molar-refractivity contribution is -0.142. The van der Waals surface area contributed by atoms with Crippen LogP contribution in [0, 0.1) is 5.92 Å². The van der Waals surface area contributed by atoms with E-state index in [2.05, 4.69) is 0 Å². The third-order valence-corrected chi connectivity index (χ3v) is 5.69. The second-order valence-electron chi connectivity index (χ2n) is 8.09. The zero-order chi connectivity index (χ0) is 23.5. The maximum atomic E-state index is 12.9. The molecule has 1 heterocycles. The van der Waals surface area contributed by atoms with Crippen LogP contribution in [-0.4, -0.2) is 31.1 Å². The predicted molar refractivity (Wildman–Crippen MR) is 106 cm³/mol. The average Bonchev–Trinajstić information content (AvgIpc) is 2.72. The predicted octanol–water partition coefficient (Wildman–Crippen LogP) is 5.89. The third kappa shape index (κ3) is 6.25. The summed E-state index contributed by atoms with van der Waals surface area (Å²) in [4.78, 5) is 13.8. The van der Waals surface area contributed by atoms with Crippen molar-refractivity contribution in [2.75, 3.05) is 20.2 Å². The summed E-state index contributed by atoms with van der Waals surface area (Å²) in [6.07, 6.45) is -8.07. The Bertz CT molecular complexity index is 906. The number of hydrogen-bond acceptors (Lipinski definition) is 3. The Kier molecular flexibility index (Phi) is 7.17. The van der Waals surface area contributed by atoms with Gasteiger partial charge in [0.15, 0.2) is 0 Å². The van der Waals surface area contributed by atoms with E-state index in [4.69, 9.17) is 4.74 Å². The number of esters is 1. The Morgan fingerprint density at radius 2 is 1.44 bits per heavy atom. The monoisotopic (exact) mass is 459 g/mol. The van der Waals surface area contributed by atoms with Crippen LogP contribution in [0.3, 0.4) is 0 Å². The number of likely N-dealkylation sites (tertiary alicyclic amines) is 1. The van der Waals surface area contributed by atoms with Gasteiger partial charge >= 0.3 is 18.3 Å². The number of nitrogens with zero attached hydrogens (tertiary/aromatic N) is 1. The number of benzene rings is 2. The molecule has 0 aliphatic carbocycles. The number of ether oxygens (including phenoxy) is 1. The fourth-order valence-corrected chi connectivity index (χ4v) is 4.14. The molecule has 0 saturated carbocycles. The Labute approximate surface area is 182 Å². The van der Waals surface area contributed by atoms with Gasteiger partial charge in [-0.15, -0.1) is 0 Å². The molecule has 3 rings (SSSR count). The molecule has 3 nitrogen and oxygen atoms in total. The van der Waals surface area contributed by atoms with Gasteiger partial charge in [0.1, 0.15) is 0 Å². The highest BCUT2D eigenvalue weighted by Crippen LogP contribution is 2.35. The summed E-state index contributed by atoms with van der Waals surface area (Å²) in [5.74, 6) is -0.578. The summed E-state index contributed by atoms with van der Waals surface area (Å²) in [5, 5.41) is 0. The molecule has 0 bridgehead atoms. The third-order valence-electron chi connectivity index (χ3n) is 5.69. The molecule has 9 heteroatoms. The molecule has 174 valence electrons. The summed E-state index contributed by atoms with van der Waals surface area (Å²) in [7, 11) is 1.29. The molecule has 1 fully saturated rings. The van der Waals surface area contributed by atoms with Crippen molar-refractivity contribution in [1.82, 2.24) is 4.90 Å². The van der Waals surface area contributed by atoms with Gasteiger partial charge in [0.25, 0.3) is 0 Å².